The molecule has 4 aliphatic rings. The van der Waals surface area contributed by atoms with Gasteiger partial charge in [-0.15, -0.1) is 0 Å². The van der Waals surface area contributed by atoms with Crippen LogP contribution in [0.3, 0.4) is 0 Å². The number of nitrogens with one attached hydrogen (secondary N) is 1. The molecule has 4 aromatic rings. The summed E-state index contributed by atoms with van der Waals surface area (Å²) >= 11 is 0. The van der Waals surface area contributed by atoms with Crippen molar-refractivity contribution in [3.8, 4) is 11.1 Å². The molecule has 1 N–H and O–H groups in total. The Morgan fingerprint density at radius 3 is 2.49 bits per heavy atom. The summed E-state index contributed by atoms with van der Waals surface area (Å²) < 4.78 is 27.5. The Balaban J connectivity index is 0.981. The summed E-state index contributed by atoms with van der Waals surface area (Å²) in [6.07, 6.45) is 2.17. The topological polar surface area (TPSA) is 113 Å². The van der Waals surface area contributed by atoms with E-state index in [0.29, 0.717) is 43.1 Å². The van der Waals surface area contributed by atoms with E-state index in [4.69, 9.17) is 15.8 Å². The second-order valence-electron chi connectivity index (χ2n) is 15.1. The summed E-state index contributed by atoms with van der Waals surface area (Å²) in [4.78, 5) is 46.9. The molecule has 0 radical (unpaired) electrons. The number of aryl methyl sites for hydroxylation is 3. The van der Waals surface area contributed by atoms with Crippen molar-refractivity contribution in [3.05, 3.63) is 106 Å². The summed E-state index contributed by atoms with van der Waals surface area (Å²) in [5.41, 5.74) is 7.21. The number of carbonyl (C=O) groups is 3. The first-order chi connectivity index (χ1) is 25.4. The van der Waals surface area contributed by atoms with Crippen LogP contribution in [0, 0.1) is 33.2 Å². The van der Waals surface area contributed by atoms with Gasteiger partial charge in [0.25, 0.3) is 11.4 Å². The summed E-state index contributed by atoms with van der Waals surface area (Å²) in [6, 6.07) is 16.8. The minimum atomic E-state index is -0.756. The van der Waals surface area contributed by atoms with Crippen LogP contribution in [0.2, 0.25) is 0 Å². The lowest BCUT2D eigenvalue weighted by atomic mass is 9.94. The third-order valence-corrected chi connectivity index (χ3v) is 11.2. The summed E-state index contributed by atoms with van der Waals surface area (Å²) in [5.74, 6) is -0.861. The highest BCUT2D eigenvalue weighted by Crippen LogP contribution is 2.50. The molecule has 1 atom stereocenters. The number of ether oxygens (including phenoxy) is 1. The van der Waals surface area contributed by atoms with E-state index in [1.54, 1.807) is 6.07 Å². The zero-order chi connectivity index (χ0) is 37.2. The van der Waals surface area contributed by atoms with Gasteiger partial charge in [0.15, 0.2) is 0 Å². The predicted molar refractivity (Wildman–Crippen MR) is 196 cm³/mol. The fourth-order valence-corrected chi connectivity index (χ4v) is 8.10. The molecule has 3 aromatic carbocycles. The molecule has 1 saturated carbocycles. The van der Waals surface area contributed by atoms with Crippen molar-refractivity contribution in [2.24, 2.45) is 0 Å². The zero-order valence-electron chi connectivity index (χ0n) is 30.3. The maximum Gasteiger partial charge on any atom is 0.258 e. The standard InChI is InChI=1S/C41H41FN6O5/c1-24-6-7-27(37-25(2)45-53-26(37)3)19-34(24)47(30-10-8-29(9-11-30)41(43-5)14-15-41)16-17-52-40(4)22-46(23-40)35-20-31-28(18-32(35)42)21-48(39(31)51)33-12-13-36(49)44-38(33)50/h6-11,18-20,33H,12-17,21-23H2,1-4H3,(H,44,49,50). The van der Waals surface area contributed by atoms with E-state index in [2.05, 4.69) is 69.6 Å². The molecule has 12 heteroatoms. The highest BCUT2D eigenvalue weighted by molar-refractivity contribution is 6.05. The van der Waals surface area contributed by atoms with Crippen LogP contribution in [0.4, 0.5) is 21.5 Å². The van der Waals surface area contributed by atoms with E-state index in [-0.39, 0.29) is 31.2 Å². The van der Waals surface area contributed by atoms with Gasteiger partial charge < -0.3 is 28.8 Å². The Labute approximate surface area is 307 Å². The largest absolute Gasteiger partial charge is 0.370 e. The van der Waals surface area contributed by atoms with Crippen LogP contribution in [-0.2, 0) is 26.4 Å². The first-order valence-corrected chi connectivity index (χ1v) is 18.1. The van der Waals surface area contributed by atoms with Crippen molar-refractivity contribution in [2.75, 3.05) is 36.0 Å². The number of imide groups is 1. The Kier molecular flexibility index (Phi) is 8.37. The van der Waals surface area contributed by atoms with E-state index in [1.165, 1.54) is 11.0 Å². The second-order valence-corrected chi connectivity index (χ2v) is 15.1. The molecule has 3 amide bonds. The van der Waals surface area contributed by atoms with Crippen LogP contribution in [0.15, 0.2) is 59.1 Å². The maximum atomic E-state index is 15.5. The van der Waals surface area contributed by atoms with Crippen molar-refractivity contribution in [1.29, 1.82) is 0 Å². The Morgan fingerprint density at radius 2 is 1.83 bits per heavy atom. The van der Waals surface area contributed by atoms with Crippen LogP contribution in [0.1, 0.15) is 71.1 Å². The molecule has 3 fully saturated rings. The molecule has 0 bridgehead atoms. The lowest BCUT2D eigenvalue weighted by Gasteiger charge is -2.49. The number of nitrogens with zero attached hydrogens (tertiary/aromatic N) is 5. The molecule has 272 valence electrons. The van der Waals surface area contributed by atoms with Crippen molar-refractivity contribution in [3.63, 3.8) is 0 Å². The molecule has 53 heavy (non-hydrogen) atoms. The van der Waals surface area contributed by atoms with E-state index in [1.807, 2.05) is 25.7 Å². The highest BCUT2D eigenvalue weighted by Gasteiger charge is 2.52. The summed E-state index contributed by atoms with van der Waals surface area (Å²) in [7, 11) is 0. The maximum absolute atomic E-state index is 15.5. The van der Waals surface area contributed by atoms with Crippen molar-refractivity contribution in [2.45, 2.75) is 77.1 Å². The number of aromatic nitrogens is 1. The van der Waals surface area contributed by atoms with Gasteiger partial charge in [-0.25, -0.2) is 11.0 Å². The summed E-state index contributed by atoms with van der Waals surface area (Å²) in [6.45, 7) is 17.6. The molecule has 4 heterocycles. The molecule has 8 rings (SSSR count). The van der Waals surface area contributed by atoms with Crippen molar-refractivity contribution in [1.82, 2.24) is 15.4 Å². The molecule has 2 saturated heterocycles. The second kappa shape index (κ2) is 12.8. The number of hydrogen-bond acceptors (Lipinski definition) is 8. The molecular weight excluding hydrogens is 675 g/mol. The average molecular weight is 717 g/mol. The lowest BCUT2D eigenvalue weighted by molar-refractivity contribution is -0.136. The molecule has 0 spiro atoms. The molecule has 1 unspecified atom stereocenters. The van der Waals surface area contributed by atoms with Crippen LogP contribution < -0.4 is 15.1 Å². The van der Waals surface area contributed by atoms with Gasteiger partial charge in [0.1, 0.15) is 23.2 Å². The molecule has 1 aliphatic carbocycles. The highest BCUT2D eigenvalue weighted by atomic mass is 19.1. The Morgan fingerprint density at radius 1 is 1.08 bits per heavy atom. The molecule has 1 aromatic heterocycles. The molecule has 11 nitrogen and oxygen atoms in total. The van der Waals surface area contributed by atoms with E-state index in [0.717, 1.165) is 57.9 Å². The van der Waals surface area contributed by atoms with Gasteiger partial charge in [-0.3, -0.25) is 19.7 Å². The number of benzene rings is 3. The van der Waals surface area contributed by atoms with Gasteiger partial charge in [0.2, 0.25) is 11.8 Å². The van der Waals surface area contributed by atoms with Gasteiger partial charge in [-0.05, 0) is 93.3 Å². The monoisotopic (exact) mass is 716 g/mol. The first kappa shape index (κ1) is 34.5. The Hall–Kier alpha value is -5.54. The number of amides is 3. The van der Waals surface area contributed by atoms with Crippen LogP contribution in [0.5, 0.6) is 0 Å². The third kappa shape index (κ3) is 6.12. The fraction of sp³-hybridized carbons (Fsp3) is 0.390. The minimum Gasteiger partial charge on any atom is -0.370 e. The SMILES string of the molecule is [C-]#[N+]C1(c2ccc(N(CCOC3(C)CN(c4cc5c(cc4F)CN(C4CCC(=O)NC4=O)C5=O)C3)c3cc(-c4c(C)noc4C)ccc3C)cc2)CC1. The Bertz CT molecular complexity index is 2180. The first-order valence-electron chi connectivity index (χ1n) is 18.1. The van der Waals surface area contributed by atoms with Gasteiger partial charge in [-0.1, -0.05) is 17.3 Å². The van der Waals surface area contributed by atoms with Gasteiger partial charge in [0.05, 0.1) is 18.0 Å². The number of hydrogen-bond donors (Lipinski definition) is 1. The van der Waals surface area contributed by atoms with E-state index >= 15 is 4.39 Å². The number of carbonyl (C=O) groups excluding carboxylic acids is 3. The van der Waals surface area contributed by atoms with Crippen LogP contribution in [-0.4, -0.2) is 65.7 Å². The zero-order valence-corrected chi connectivity index (χ0v) is 30.3. The predicted octanol–water partition coefficient (Wildman–Crippen LogP) is 6.51. The summed E-state index contributed by atoms with van der Waals surface area (Å²) in [5, 5.41) is 6.47. The number of fused-ring (bicyclic) bond motifs is 1. The number of rotatable bonds is 10. The van der Waals surface area contributed by atoms with Gasteiger partial charge in [0, 0.05) is 73.5 Å². The number of piperidine rings is 1. The normalized spacial score (nSPS) is 19.8. The van der Waals surface area contributed by atoms with Gasteiger partial charge in [-0.2, -0.15) is 0 Å². The van der Waals surface area contributed by atoms with Crippen LogP contribution in [0.25, 0.3) is 16.0 Å². The quantitative estimate of drug-likeness (QED) is 0.146. The third-order valence-electron chi connectivity index (χ3n) is 11.2. The fourth-order valence-electron chi connectivity index (χ4n) is 8.10. The van der Waals surface area contributed by atoms with E-state index < -0.39 is 28.9 Å². The lowest BCUT2D eigenvalue weighted by Crippen LogP contribution is -2.62. The minimum absolute atomic E-state index is 0.124. The smallest absolute Gasteiger partial charge is 0.258 e. The average Bonchev–Trinajstić information content (AvgIpc) is 3.77. The van der Waals surface area contributed by atoms with Crippen molar-refractivity contribution >= 4 is 34.8 Å². The molecule has 3 aliphatic heterocycles. The molecular formula is C41H41FN6O5. The van der Waals surface area contributed by atoms with Crippen LogP contribution >= 0.6 is 0 Å². The van der Waals surface area contributed by atoms with Gasteiger partial charge >= 0.3 is 0 Å². The number of anilines is 3. The van der Waals surface area contributed by atoms with E-state index in [9.17, 15) is 14.4 Å². The number of halogens is 1. The van der Waals surface area contributed by atoms with Crippen molar-refractivity contribution < 1.29 is 28.0 Å².